The minimum atomic E-state index is -1.78. The summed E-state index contributed by atoms with van der Waals surface area (Å²) in [6.45, 7) is 7.66. The molecule has 3 aliphatic heterocycles. The molecule has 5 rings (SSSR count). The van der Waals surface area contributed by atoms with Gasteiger partial charge in [0.25, 0.3) is 0 Å². The largest absolute Gasteiger partial charge is 0.497 e. The molecule has 0 saturated heterocycles. The molecule has 8 heteroatoms. The number of hydrogen-bond acceptors (Lipinski definition) is 7. The molecule has 0 radical (unpaired) electrons. The molecule has 0 saturated carbocycles. The first-order chi connectivity index (χ1) is 15.1. The van der Waals surface area contributed by atoms with Crippen LogP contribution in [0.3, 0.4) is 0 Å². The van der Waals surface area contributed by atoms with Crippen LogP contribution in [0.1, 0.15) is 55.6 Å². The molecule has 3 aliphatic rings. The highest BCUT2D eigenvalue weighted by Gasteiger charge is 2.64. The Morgan fingerprint density at radius 3 is 2.66 bits per heavy atom. The summed E-state index contributed by atoms with van der Waals surface area (Å²) in [7, 11) is 1.54. The summed E-state index contributed by atoms with van der Waals surface area (Å²) in [6.07, 6.45) is 0.696. The Balaban J connectivity index is 2.02. The van der Waals surface area contributed by atoms with Crippen molar-refractivity contribution in [2.24, 2.45) is 5.73 Å². The van der Waals surface area contributed by atoms with Crippen molar-refractivity contribution in [3.05, 3.63) is 62.5 Å². The van der Waals surface area contributed by atoms with Gasteiger partial charge in [0, 0.05) is 17.2 Å². The van der Waals surface area contributed by atoms with Crippen molar-refractivity contribution < 1.29 is 18.7 Å². The molecule has 1 spiro atoms. The van der Waals surface area contributed by atoms with E-state index in [0.717, 1.165) is 5.56 Å². The number of rotatable bonds is 1. The standard InChI is InChI=1S/C24H23N3O5/c1-11-9-23(3,4)27-19-14(11)7-13(30-5)8-15(19)24(22(27)29)16(10-25)20(26)32-17-6-12(2)31-21(28)18(17)24/h6-8,11H,9,26H2,1-5H3/t11-,24+/m0/s1. The van der Waals surface area contributed by atoms with Gasteiger partial charge in [-0.3, -0.25) is 4.79 Å². The highest BCUT2D eigenvalue weighted by molar-refractivity contribution is 6.16. The zero-order valence-electron chi connectivity index (χ0n) is 18.5. The molecule has 2 atom stereocenters. The summed E-state index contributed by atoms with van der Waals surface area (Å²) in [5.74, 6) is 0.447. The fourth-order valence-corrected chi connectivity index (χ4v) is 5.67. The average Bonchev–Trinajstić information content (AvgIpc) is 2.95. The number of amides is 1. The molecule has 0 unspecified atom stereocenters. The normalized spacial score (nSPS) is 24.7. The molecular weight excluding hydrogens is 410 g/mol. The second-order valence-electron chi connectivity index (χ2n) is 9.26. The van der Waals surface area contributed by atoms with E-state index in [-0.39, 0.29) is 28.7 Å². The number of ether oxygens (including phenoxy) is 2. The summed E-state index contributed by atoms with van der Waals surface area (Å²) in [5.41, 5.74) is 5.04. The molecule has 0 bridgehead atoms. The van der Waals surface area contributed by atoms with E-state index in [1.54, 1.807) is 17.9 Å². The Morgan fingerprint density at radius 1 is 1.28 bits per heavy atom. The van der Waals surface area contributed by atoms with E-state index >= 15 is 0 Å². The molecule has 0 fully saturated rings. The smallest absolute Gasteiger partial charge is 0.344 e. The van der Waals surface area contributed by atoms with Crippen molar-refractivity contribution in [3.63, 3.8) is 0 Å². The Hall–Kier alpha value is -3.73. The maximum Gasteiger partial charge on any atom is 0.344 e. The molecule has 8 nitrogen and oxygen atoms in total. The molecule has 32 heavy (non-hydrogen) atoms. The third-order valence-corrected chi connectivity index (χ3v) is 6.81. The average molecular weight is 433 g/mol. The number of benzene rings is 1. The zero-order chi connectivity index (χ0) is 23.2. The second kappa shape index (κ2) is 6.16. The van der Waals surface area contributed by atoms with Crippen LogP contribution in [0, 0.1) is 18.3 Å². The van der Waals surface area contributed by atoms with Gasteiger partial charge < -0.3 is 24.5 Å². The lowest BCUT2D eigenvalue weighted by Crippen LogP contribution is -2.55. The van der Waals surface area contributed by atoms with E-state index in [4.69, 9.17) is 19.6 Å². The number of nitrogens with two attached hydrogens (primary N) is 1. The Morgan fingerprint density at radius 2 is 2.00 bits per heavy atom. The molecule has 0 aliphatic carbocycles. The lowest BCUT2D eigenvalue weighted by molar-refractivity contribution is -0.122. The van der Waals surface area contributed by atoms with Crippen LogP contribution in [-0.4, -0.2) is 18.6 Å². The zero-order valence-corrected chi connectivity index (χ0v) is 18.5. The monoisotopic (exact) mass is 433 g/mol. The van der Waals surface area contributed by atoms with Crippen LogP contribution in [0.2, 0.25) is 0 Å². The maximum absolute atomic E-state index is 14.4. The van der Waals surface area contributed by atoms with Crippen molar-refractivity contribution >= 4 is 11.6 Å². The van der Waals surface area contributed by atoms with Crippen LogP contribution in [0.5, 0.6) is 11.5 Å². The number of carbonyl (C=O) groups is 1. The number of methoxy groups -OCH3 is 1. The number of aryl methyl sites for hydroxylation is 1. The number of anilines is 1. The number of nitrogens with zero attached hydrogens (tertiary/aromatic N) is 2. The van der Waals surface area contributed by atoms with Gasteiger partial charge in [-0.25, -0.2) is 4.79 Å². The van der Waals surface area contributed by atoms with E-state index < -0.39 is 22.5 Å². The predicted octanol–water partition coefficient (Wildman–Crippen LogP) is 2.96. The van der Waals surface area contributed by atoms with Crippen LogP contribution < -0.4 is 25.7 Å². The van der Waals surface area contributed by atoms with Gasteiger partial charge in [0.2, 0.25) is 11.8 Å². The van der Waals surface area contributed by atoms with Gasteiger partial charge in [-0.05, 0) is 50.8 Å². The molecule has 4 heterocycles. The number of carbonyl (C=O) groups excluding carboxylic acids is 1. The number of hydrogen-bond donors (Lipinski definition) is 1. The minimum absolute atomic E-state index is 0.0350. The van der Waals surface area contributed by atoms with Gasteiger partial charge in [-0.1, -0.05) is 6.92 Å². The van der Waals surface area contributed by atoms with Gasteiger partial charge >= 0.3 is 5.63 Å². The summed E-state index contributed by atoms with van der Waals surface area (Å²) in [5, 5.41) is 10.2. The van der Waals surface area contributed by atoms with Gasteiger partial charge in [0.1, 0.15) is 34.5 Å². The quantitative estimate of drug-likeness (QED) is 0.734. The molecule has 2 aromatic rings. The number of nitriles is 1. The fourth-order valence-electron chi connectivity index (χ4n) is 5.67. The van der Waals surface area contributed by atoms with E-state index in [1.807, 2.05) is 19.9 Å². The van der Waals surface area contributed by atoms with E-state index in [2.05, 4.69) is 13.0 Å². The molecule has 2 N–H and O–H groups in total. The SMILES string of the molecule is COc1cc2c3c(c1)[C@@]1(C(=O)N3C(C)(C)C[C@@H]2C)C(C#N)=C(N)Oc2cc(C)oc(=O)c21. The highest BCUT2D eigenvalue weighted by atomic mass is 16.5. The Bertz CT molecular complexity index is 1350. The van der Waals surface area contributed by atoms with Crippen molar-refractivity contribution in [2.45, 2.75) is 51.0 Å². The minimum Gasteiger partial charge on any atom is -0.497 e. The Kier molecular flexibility index (Phi) is 3.89. The van der Waals surface area contributed by atoms with Crippen molar-refractivity contribution in [3.8, 4) is 17.6 Å². The Labute approximate surface area is 184 Å². The van der Waals surface area contributed by atoms with Crippen molar-refractivity contribution in [1.82, 2.24) is 0 Å². The van der Waals surface area contributed by atoms with Gasteiger partial charge in [0.05, 0.1) is 12.8 Å². The highest BCUT2D eigenvalue weighted by Crippen LogP contribution is 2.60. The van der Waals surface area contributed by atoms with Crippen molar-refractivity contribution in [2.75, 3.05) is 12.0 Å². The van der Waals surface area contributed by atoms with Gasteiger partial charge in [0.15, 0.2) is 5.41 Å². The van der Waals surface area contributed by atoms with Crippen LogP contribution in [0.25, 0.3) is 0 Å². The molecule has 164 valence electrons. The van der Waals surface area contributed by atoms with Gasteiger partial charge in [-0.15, -0.1) is 0 Å². The number of fused-ring (bicyclic) bond motifs is 3. The molecule has 1 aromatic carbocycles. The first-order valence-electron chi connectivity index (χ1n) is 10.4. The lowest BCUT2D eigenvalue weighted by Gasteiger charge is -2.44. The fraction of sp³-hybridized carbons (Fsp3) is 0.375. The summed E-state index contributed by atoms with van der Waals surface area (Å²) in [6, 6.07) is 7.20. The van der Waals surface area contributed by atoms with E-state index in [0.29, 0.717) is 29.2 Å². The van der Waals surface area contributed by atoms with Crippen LogP contribution in [0.4, 0.5) is 5.69 Å². The maximum atomic E-state index is 14.4. The van der Waals surface area contributed by atoms with E-state index in [9.17, 15) is 14.9 Å². The van der Waals surface area contributed by atoms with Crippen LogP contribution >= 0.6 is 0 Å². The van der Waals surface area contributed by atoms with Crippen LogP contribution in [-0.2, 0) is 10.2 Å². The summed E-state index contributed by atoms with van der Waals surface area (Å²) in [4.78, 5) is 29.3. The predicted molar refractivity (Wildman–Crippen MR) is 116 cm³/mol. The summed E-state index contributed by atoms with van der Waals surface area (Å²) >= 11 is 0. The third kappa shape index (κ3) is 2.20. The van der Waals surface area contributed by atoms with Crippen molar-refractivity contribution in [1.29, 1.82) is 5.26 Å². The third-order valence-electron chi connectivity index (χ3n) is 6.81. The first-order valence-corrected chi connectivity index (χ1v) is 10.4. The summed E-state index contributed by atoms with van der Waals surface area (Å²) < 4.78 is 16.6. The van der Waals surface area contributed by atoms with Crippen LogP contribution in [0.15, 0.2) is 38.9 Å². The lowest BCUT2D eigenvalue weighted by atomic mass is 9.69. The molecule has 1 amide bonds. The second-order valence-corrected chi connectivity index (χ2v) is 9.26. The molecular formula is C24H23N3O5. The topological polar surface area (TPSA) is 119 Å². The first kappa shape index (κ1) is 20.2. The van der Waals surface area contributed by atoms with E-state index in [1.165, 1.54) is 13.2 Å². The van der Waals surface area contributed by atoms with Gasteiger partial charge in [-0.2, -0.15) is 5.26 Å². The molecule has 1 aromatic heterocycles.